The van der Waals surface area contributed by atoms with Gasteiger partial charge in [-0.15, -0.1) is 0 Å². The van der Waals surface area contributed by atoms with E-state index in [4.69, 9.17) is 5.73 Å². The molecule has 0 aromatic carbocycles. The summed E-state index contributed by atoms with van der Waals surface area (Å²) in [5.41, 5.74) is 6.13. The summed E-state index contributed by atoms with van der Waals surface area (Å²) in [6.07, 6.45) is 8.11. The lowest BCUT2D eigenvalue weighted by Crippen LogP contribution is -2.48. The molecule has 4 atom stereocenters. The zero-order chi connectivity index (χ0) is 13.1. The molecule has 1 amide bonds. The van der Waals surface area contributed by atoms with Gasteiger partial charge in [0.25, 0.3) is 0 Å². The highest BCUT2D eigenvalue weighted by Gasteiger charge is 2.36. The van der Waals surface area contributed by atoms with Gasteiger partial charge in [0.05, 0.1) is 0 Å². The maximum absolute atomic E-state index is 12.7. The molecule has 0 aromatic rings. The molecule has 0 aromatic heterocycles. The lowest BCUT2D eigenvalue weighted by Gasteiger charge is -2.38. The van der Waals surface area contributed by atoms with Crippen LogP contribution in [0.1, 0.15) is 58.8 Å². The van der Waals surface area contributed by atoms with E-state index in [0.717, 1.165) is 25.8 Å². The first kappa shape index (κ1) is 13.9. The van der Waals surface area contributed by atoms with Crippen LogP contribution in [0.15, 0.2) is 0 Å². The predicted molar refractivity (Wildman–Crippen MR) is 74.1 cm³/mol. The van der Waals surface area contributed by atoms with Gasteiger partial charge in [-0.1, -0.05) is 26.2 Å². The Morgan fingerprint density at radius 3 is 2.61 bits per heavy atom. The molecule has 2 aliphatic rings. The van der Waals surface area contributed by atoms with Gasteiger partial charge in [0.2, 0.25) is 5.91 Å². The molecule has 1 saturated carbocycles. The normalized spacial score (nSPS) is 38.3. The number of carbonyl (C=O) groups is 1. The Kier molecular flexibility index (Phi) is 4.66. The second-order valence-electron chi connectivity index (χ2n) is 6.29. The van der Waals surface area contributed by atoms with E-state index < -0.39 is 0 Å². The van der Waals surface area contributed by atoms with Crippen LogP contribution in [0.4, 0.5) is 0 Å². The fourth-order valence-corrected chi connectivity index (χ4v) is 3.56. The molecule has 104 valence electrons. The quantitative estimate of drug-likeness (QED) is 0.779. The van der Waals surface area contributed by atoms with Crippen LogP contribution in [0.2, 0.25) is 0 Å². The molecule has 0 spiro atoms. The Labute approximate surface area is 111 Å². The molecular weight excluding hydrogens is 224 g/mol. The molecule has 0 radical (unpaired) electrons. The van der Waals surface area contributed by atoms with Crippen LogP contribution in [-0.2, 0) is 4.79 Å². The van der Waals surface area contributed by atoms with Crippen molar-refractivity contribution >= 4 is 5.91 Å². The molecule has 2 fully saturated rings. The van der Waals surface area contributed by atoms with Gasteiger partial charge in [-0.05, 0) is 38.5 Å². The summed E-state index contributed by atoms with van der Waals surface area (Å²) in [6.45, 7) is 5.32. The number of carbonyl (C=O) groups excluding carboxylic acids is 1. The van der Waals surface area contributed by atoms with E-state index in [9.17, 15) is 4.79 Å². The predicted octanol–water partition coefficient (Wildman–Crippen LogP) is 2.54. The van der Waals surface area contributed by atoms with Crippen molar-refractivity contribution in [1.82, 2.24) is 4.90 Å². The number of likely N-dealkylation sites (tertiary alicyclic amines) is 1. The van der Waals surface area contributed by atoms with Crippen LogP contribution >= 0.6 is 0 Å². The van der Waals surface area contributed by atoms with E-state index >= 15 is 0 Å². The Bertz CT molecular complexity index is 288. The van der Waals surface area contributed by atoms with E-state index in [1.54, 1.807) is 0 Å². The highest BCUT2D eigenvalue weighted by molar-refractivity contribution is 5.79. The second-order valence-corrected chi connectivity index (χ2v) is 6.29. The van der Waals surface area contributed by atoms with E-state index in [-0.39, 0.29) is 12.0 Å². The maximum atomic E-state index is 12.7. The lowest BCUT2D eigenvalue weighted by atomic mass is 9.76. The molecule has 2 rings (SSSR count). The summed E-state index contributed by atoms with van der Waals surface area (Å²) in [4.78, 5) is 14.9. The minimum absolute atomic E-state index is 0.175. The van der Waals surface area contributed by atoms with E-state index in [1.165, 1.54) is 25.7 Å². The van der Waals surface area contributed by atoms with Crippen molar-refractivity contribution in [2.45, 2.75) is 70.9 Å². The van der Waals surface area contributed by atoms with Crippen molar-refractivity contribution in [3.05, 3.63) is 0 Å². The summed E-state index contributed by atoms with van der Waals surface area (Å²) in [7, 11) is 0. The summed E-state index contributed by atoms with van der Waals surface area (Å²) >= 11 is 0. The zero-order valence-corrected chi connectivity index (χ0v) is 11.9. The van der Waals surface area contributed by atoms with Crippen molar-refractivity contribution in [2.24, 2.45) is 17.6 Å². The number of rotatable bonds is 1. The second kappa shape index (κ2) is 6.05. The van der Waals surface area contributed by atoms with Gasteiger partial charge in [0, 0.05) is 24.5 Å². The number of hydrogen-bond donors (Lipinski definition) is 1. The molecule has 3 heteroatoms. The van der Waals surface area contributed by atoms with Crippen molar-refractivity contribution in [2.75, 3.05) is 6.54 Å². The van der Waals surface area contributed by atoms with Crippen LogP contribution < -0.4 is 5.73 Å². The number of nitrogens with zero attached hydrogens (tertiary/aromatic N) is 1. The fraction of sp³-hybridized carbons (Fsp3) is 0.933. The van der Waals surface area contributed by atoms with E-state index in [1.807, 2.05) is 0 Å². The molecular formula is C15H28N2O. The third-order valence-corrected chi connectivity index (χ3v) is 5.02. The highest BCUT2D eigenvalue weighted by atomic mass is 16.2. The van der Waals surface area contributed by atoms with Gasteiger partial charge < -0.3 is 10.6 Å². The molecule has 1 heterocycles. The van der Waals surface area contributed by atoms with Gasteiger partial charge in [-0.2, -0.15) is 0 Å². The van der Waals surface area contributed by atoms with Crippen molar-refractivity contribution in [1.29, 1.82) is 0 Å². The average Bonchev–Trinajstić information content (AvgIpc) is 2.57. The summed E-state index contributed by atoms with van der Waals surface area (Å²) in [6, 6.07) is 0.639. The van der Waals surface area contributed by atoms with Crippen molar-refractivity contribution in [3.63, 3.8) is 0 Å². The van der Waals surface area contributed by atoms with Crippen LogP contribution in [0, 0.1) is 11.8 Å². The highest BCUT2D eigenvalue weighted by Crippen LogP contribution is 2.32. The number of nitrogens with two attached hydrogens (primary N) is 1. The topological polar surface area (TPSA) is 46.3 Å². The first-order chi connectivity index (χ1) is 8.61. The molecule has 1 aliphatic carbocycles. The van der Waals surface area contributed by atoms with Crippen LogP contribution in [0.3, 0.4) is 0 Å². The van der Waals surface area contributed by atoms with E-state index in [0.29, 0.717) is 17.9 Å². The van der Waals surface area contributed by atoms with Crippen molar-refractivity contribution < 1.29 is 4.79 Å². The monoisotopic (exact) mass is 252 g/mol. The van der Waals surface area contributed by atoms with Crippen molar-refractivity contribution in [3.8, 4) is 0 Å². The maximum Gasteiger partial charge on any atom is 0.226 e. The number of amides is 1. The standard InChI is InChI=1S/C15H28N2O/c1-11-7-4-3-5-10-17(11)15(18)13-8-6-9-14(16)12(13)2/h11-14H,3-10,16H2,1-2H3. The number of hydrogen-bond acceptors (Lipinski definition) is 2. The van der Waals surface area contributed by atoms with Crippen LogP contribution in [0.5, 0.6) is 0 Å². The first-order valence-electron chi connectivity index (χ1n) is 7.67. The summed E-state index contributed by atoms with van der Waals surface area (Å²) in [5, 5.41) is 0. The zero-order valence-electron chi connectivity index (χ0n) is 11.9. The minimum Gasteiger partial charge on any atom is -0.340 e. The lowest BCUT2D eigenvalue weighted by molar-refractivity contribution is -0.140. The van der Waals surface area contributed by atoms with Gasteiger partial charge >= 0.3 is 0 Å². The smallest absolute Gasteiger partial charge is 0.226 e. The Balaban J connectivity index is 2.04. The average molecular weight is 252 g/mol. The molecule has 2 N–H and O–H groups in total. The van der Waals surface area contributed by atoms with Crippen LogP contribution in [-0.4, -0.2) is 29.4 Å². The molecule has 18 heavy (non-hydrogen) atoms. The molecule has 4 unspecified atom stereocenters. The Morgan fingerprint density at radius 2 is 1.83 bits per heavy atom. The fourth-order valence-electron chi connectivity index (χ4n) is 3.56. The van der Waals surface area contributed by atoms with Crippen LogP contribution in [0.25, 0.3) is 0 Å². The van der Waals surface area contributed by atoms with Gasteiger partial charge in [-0.25, -0.2) is 0 Å². The Morgan fingerprint density at radius 1 is 1.06 bits per heavy atom. The SMILES string of the molecule is CC1C(N)CCCC1C(=O)N1CCCCCC1C. The minimum atomic E-state index is 0.175. The largest absolute Gasteiger partial charge is 0.340 e. The first-order valence-corrected chi connectivity index (χ1v) is 7.67. The van der Waals surface area contributed by atoms with E-state index in [2.05, 4.69) is 18.7 Å². The summed E-state index contributed by atoms with van der Waals surface area (Å²) in [5.74, 6) is 0.906. The molecule has 1 saturated heterocycles. The van der Waals surface area contributed by atoms with Gasteiger partial charge in [-0.3, -0.25) is 4.79 Å². The summed E-state index contributed by atoms with van der Waals surface area (Å²) < 4.78 is 0. The molecule has 3 nitrogen and oxygen atoms in total. The Hall–Kier alpha value is -0.570. The third-order valence-electron chi connectivity index (χ3n) is 5.02. The molecule has 1 aliphatic heterocycles. The van der Waals surface area contributed by atoms with Gasteiger partial charge in [0.1, 0.15) is 0 Å². The molecule has 0 bridgehead atoms. The third kappa shape index (κ3) is 2.87. The van der Waals surface area contributed by atoms with Gasteiger partial charge in [0.15, 0.2) is 0 Å².